The van der Waals surface area contributed by atoms with E-state index in [0.717, 1.165) is 36.9 Å². The molecule has 33 heavy (non-hydrogen) atoms. The zero-order valence-corrected chi connectivity index (χ0v) is 20.6. The van der Waals surface area contributed by atoms with Crippen molar-refractivity contribution in [2.45, 2.75) is 68.6 Å². The minimum atomic E-state index is -3.80. The highest BCUT2D eigenvalue weighted by Gasteiger charge is 2.18. The highest BCUT2D eigenvalue weighted by molar-refractivity contribution is 7.99. The third-order valence-electron chi connectivity index (χ3n) is 6.04. The molecule has 0 spiro atoms. The Morgan fingerprint density at radius 3 is 2.67 bits per heavy atom. The quantitative estimate of drug-likeness (QED) is 0.469. The molecular weight excluding hydrogens is 456 g/mol. The molecule has 1 unspecified atom stereocenters. The molecule has 7 nitrogen and oxygen atoms in total. The Bertz CT molecular complexity index is 1280. The van der Waals surface area contributed by atoms with Crippen LogP contribution < -0.4 is 10.5 Å². The molecule has 0 saturated heterocycles. The molecule has 176 valence electrons. The van der Waals surface area contributed by atoms with E-state index in [1.807, 2.05) is 11.5 Å². The Kier molecular flexibility index (Phi) is 7.11. The lowest BCUT2D eigenvalue weighted by Gasteiger charge is -2.20. The predicted molar refractivity (Wildman–Crippen MR) is 132 cm³/mol. The second-order valence-corrected chi connectivity index (χ2v) is 11.1. The summed E-state index contributed by atoms with van der Waals surface area (Å²) < 4.78 is 25.4. The van der Waals surface area contributed by atoms with E-state index in [2.05, 4.69) is 35.4 Å². The van der Waals surface area contributed by atoms with Crippen molar-refractivity contribution >= 4 is 38.7 Å². The fourth-order valence-electron chi connectivity index (χ4n) is 4.33. The molecule has 1 heterocycles. The molecule has 9 heteroatoms. The summed E-state index contributed by atoms with van der Waals surface area (Å²) in [5.74, 6) is 0.162. The average Bonchev–Trinajstić information content (AvgIpc) is 3.13. The van der Waals surface area contributed by atoms with Crippen molar-refractivity contribution in [3.05, 3.63) is 53.1 Å². The summed E-state index contributed by atoms with van der Waals surface area (Å²) in [7, 11) is -3.80. The number of benzene rings is 2. The summed E-state index contributed by atoms with van der Waals surface area (Å²) in [4.78, 5) is 17.3. The molecule has 0 radical (unpaired) electrons. The first-order valence-electron chi connectivity index (χ1n) is 11.3. The van der Waals surface area contributed by atoms with Crippen molar-refractivity contribution in [3.8, 4) is 0 Å². The normalized spacial score (nSPS) is 14.8. The van der Waals surface area contributed by atoms with E-state index in [0.29, 0.717) is 10.7 Å². The van der Waals surface area contributed by atoms with Crippen LogP contribution >= 0.6 is 11.8 Å². The molecule has 3 aromatic rings. The van der Waals surface area contributed by atoms with Crippen LogP contribution in [0.4, 0.5) is 0 Å². The van der Waals surface area contributed by atoms with Crippen molar-refractivity contribution in [3.63, 3.8) is 0 Å². The number of nitrogens with one attached hydrogen (secondary N) is 1. The first-order chi connectivity index (χ1) is 15.8. The molecule has 1 aromatic heterocycles. The molecule has 1 atom stereocenters. The van der Waals surface area contributed by atoms with Gasteiger partial charge >= 0.3 is 0 Å². The zero-order valence-electron chi connectivity index (χ0n) is 19.0. The number of nitrogens with zero attached hydrogens (tertiary/aromatic N) is 2. The number of thioether (sulfide) groups is 1. The zero-order chi connectivity index (χ0) is 23.6. The Morgan fingerprint density at radius 1 is 1.18 bits per heavy atom. The summed E-state index contributed by atoms with van der Waals surface area (Å²) in [6.07, 6.45) is 5.62. The van der Waals surface area contributed by atoms with E-state index >= 15 is 0 Å². The monoisotopic (exact) mass is 486 g/mol. The number of rotatable bonds is 8. The number of imidazole rings is 1. The number of aryl methyl sites for hydroxylation is 3. The van der Waals surface area contributed by atoms with Gasteiger partial charge in [0.15, 0.2) is 5.16 Å². The number of nitrogens with two attached hydrogens (primary N) is 1. The summed E-state index contributed by atoms with van der Waals surface area (Å²) >= 11 is 1.35. The number of carbonyl (C=O) groups is 1. The lowest BCUT2D eigenvalue weighted by molar-refractivity contribution is -0.119. The van der Waals surface area contributed by atoms with Gasteiger partial charge in [-0.3, -0.25) is 4.79 Å². The third kappa shape index (κ3) is 5.42. The fraction of sp³-hybridized carbons (Fsp3) is 0.417. The maximum absolute atomic E-state index is 12.7. The summed E-state index contributed by atoms with van der Waals surface area (Å²) in [6, 6.07) is 11.2. The fourth-order valence-corrected chi connectivity index (χ4v) is 5.72. The van der Waals surface area contributed by atoms with Crippen LogP contribution in [0, 0.1) is 0 Å². The minimum Gasteiger partial charge on any atom is -0.349 e. The number of hydrogen-bond acceptors (Lipinski definition) is 5. The second-order valence-electron chi connectivity index (χ2n) is 8.55. The molecule has 1 aliphatic carbocycles. The molecule has 0 saturated carbocycles. The van der Waals surface area contributed by atoms with E-state index < -0.39 is 10.0 Å². The predicted octanol–water partition coefficient (Wildman–Crippen LogP) is 3.94. The van der Waals surface area contributed by atoms with Gasteiger partial charge in [0.25, 0.3) is 0 Å². The largest absolute Gasteiger partial charge is 0.349 e. The maximum atomic E-state index is 12.7. The van der Waals surface area contributed by atoms with Crippen molar-refractivity contribution in [1.82, 2.24) is 14.9 Å². The van der Waals surface area contributed by atoms with Crippen molar-refractivity contribution < 1.29 is 13.2 Å². The van der Waals surface area contributed by atoms with Crippen molar-refractivity contribution in [1.29, 1.82) is 0 Å². The van der Waals surface area contributed by atoms with Gasteiger partial charge in [-0.2, -0.15) is 0 Å². The number of aromatic nitrogens is 2. The Balaban J connectivity index is 1.46. The Morgan fingerprint density at radius 2 is 1.94 bits per heavy atom. The van der Waals surface area contributed by atoms with Crippen LogP contribution in [-0.4, -0.2) is 29.6 Å². The standard InChI is InChI=1S/C24H30N4O3S2/c1-3-12-28-22-11-10-20(33(25,30)31)14-21(22)27-24(28)32-15-23(29)26-16(2)18-9-8-17-6-4-5-7-19(17)13-18/h8-11,13-14,16H,3-7,12,15H2,1-2H3,(H,26,29)(H2,25,30,31). The van der Waals surface area contributed by atoms with Crippen LogP contribution in [-0.2, 0) is 34.2 Å². The lowest BCUT2D eigenvalue weighted by Crippen LogP contribution is -2.28. The first-order valence-corrected chi connectivity index (χ1v) is 13.9. The van der Waals surface area contributed by atoms with Crippen LogP contribution in [0.5, 0.6) is 0 Å². The summed E-state index contributed by atoms with van der Waals surface area (Å²) in [5, 5.41) is 9.05. The molecule has 1 amide bonds. The Hall–Kier alpha value is -2.36. The van der Waals surface area contributed by atoms with Crippen molar-refractivity contribution in [2.24, 2.45) is 5.14 Å². The van der Waals surface area contributed by atoms with Gasteiger partial charge in [0.05, 0.1) is 27.7 Å². The topological polar surface area (TPSA) is 107 Å². The molecule has 0 bridgehead atoms. The molecular formula is C24H30N4O3S2. The van der Waals surface area contributed by atoms with E-state index in [9.17, 15) is 13.2 Å². The first kappa shape index (κ1) is 23.8. The van der Waals surface area contributed by atoms with Crippen molar-refractivity contribution in [2.75, 3.05) is 5.75 Å². The van der Waals surface area contributed by atoms with Gasteiger partial charge in [-0.25, -0.2) is 18.5 Å². The molecule has 1 aliphatic rings. The summed E-state index contributed by atoms with van der Waals surface area (Å²) in [5.41, 5.74) is 5.35. The average molecular weight is 487 g/mol. The second kappa shape index (κ2) is 9.87. The van der Waals surface area contributed by atoms with E-state index in [1.54, 1.807) is 6.07 Å². The molecule has 0 aliphatic heterocycles. The van der Waals surface area contributed by atoms with E-state index in [1.165, 1.54) is 47.9 Å². The number of fused-ring (bicyclic) bond motifs is 2. The van der Waals surface area contributed by atoms with Crippen LogP contribution in [0.15, 0.2) is 46.5 Å². The van der Waals surface area contributed by atoms with Gasteiger partial charge in [-0.1, -0.05) is 36.9 Å². The molecule has 4 rings (SSSR count). The molecule has 2 aromatic carbocycles. The van der Waals surface area contributed by atoms with E-state index in [-0.39, 0.29) is 22.6 Å². The van der Waals surface area contributed by atoms with E-state index in [4.69, 9.17) is 5.14 Å². The van der Waals surface area contributed by atoms with Gasteiger partial charge in [0.2, 0.25) is 15.9 Å². The summed E-state index contributed by atoms with van der Waals surface area (Å²) in [6.45, 7) is 4.79. The Labute approximate surface area is 199 Å². The van der Waals surface area contributed by atoms with Crippen LogP contribution in [0.3, 0.4) is 0 Å². The lowest BCUT2D eigenvalue weighted by atomic mass is 9.89. The van der Waals surface area contributed by atoms with Gasteiger partial charge < -0.3 is 9.88 Å². The number of amides is 1. The van der Waals surface area contributed by atoms with Gasteiger partial charge in [-0.15, -0.1) is 0 Å². The maximum Gasteiger partial charge on any atom is 0.238 e. The third-order valence-corrected chi connectivity index (χ3v) is 7.93. The van der Waals surface area contributed by atoms with Crippen LogP contribution in [0.25, 0.3) is 11.0 Å². The number of carbonyl (C=O) groups excluding carboxylic acids is 1. The molecule has 0 fully saturated rings. The van der Waals surface area contributed by atoms with Gasteiger partial charge in [0, 0.05) is 6.54 Å². The van der Waals surface area contributed by atoms with Gasteiger partial charge in [-0.05, 0) is 73.9 Å². The highest BCUT2D eigenvalue weighted by atomic mass is 32.2. The minimum absolute atomic E-state index is 0.0318. The van der Waals surface area contributed by atoms with Gasteiger partial charge in [0.1, 0.15) is 0 Å². The smallest absolute Gasteiger partial charge is 0.238 e. The molecule has 3 N–H and O–H groups in total. The van der Waals surface area contributed by atoms with Crippen LogP contribution in [0.2, 0.25) is 0 Å². The SMILES string of the molecule is CCCn1c(SCC(=O)NC(C)c2ccc3c(c2)CCCC3)nc2cc(S(N)(=O)=O)ccc21. The number of hydrogen-bond donors (Lipinski definition) is 2. The highest BCUT2D eigenvalue weighted by Crippen LogP contribution is 2.27. The number of sulfonamides is 1. The van der Waals surface area contributed by atoms with Crippen LogP contribution in [0.1, 0.15) is 55.8 Å². The number of primary sulfonamides is 1.